The molecule has 8 nitrogen and oxygen atoms in total. The number of carbonyl (C=O) groups is 1. The van der Waals surface area contributed by atoms with Crippen LogP contribution in [0.2, 0.25) is 0 Å². The van der Waals surface area contributed by atoms with Gasteiger partial charge < -0.3 is 19.7 Å². The Kier molecular flexibility index (Phi) is 9.09. The number of hydrogen-bond acceptors (Lipinski definition) is 6. The average molecular weight is 442 g/mol. The van der Waals surface area contributed by atoms with Gasteiger partial charge in [-0.25, -0.2) is 13.1 Å². The third-order valence-electron chi connectivity index (χ3n) is 5.87. The van der Waals surface area contributed by atoms with Gasteiger partial charge in [-0.3, -0.25) is 4.79 Å². The molecular formula is C21H35N3O5S. The molecule has 0 unspecified atom stereocenters. The number of rotatable bonds is 10. The van der Waals surface area contributed by atoms with E-state index in [4.69, 9.17) is 9.47 Å². The minimum atomic E-state index is -3.84. The van der Waals surface area contributed by atoms with Gasteiger partial charge >= 0.3 is 0 Å². The lowest BCUT2D eigenvalue weighted by atomic mass is 9.88. The number of benzene rings is 1. The van der Waals surface area contributed by atoms with E-state index in [-0.39, 0.29) is 40.8 Å². The lowest BCUT2D eigenvalue weighted by Gasteiger charge is -2.39. The minimum Gasteiger partial charge on any atom is -0.495 e. The molecule has 1 saturated carbocycles. The highest BCUT2D eigenvalue weighted by Gasteiger charge is 2.33. The smallest absolute Gasteiger partial charge is 0.251 e. The monoisotopic (exact) mass is 441 g/mol. The first-order valence-corrected chi connectivity index (χ1v) is 11.9. The van der Waals surface area contributed by atoms with Crippen molar-refractivity contribution in [2.75, 3.05) is 48.0 Å². The van der Waals surface area contributed by atoms with E-state index in [0.29, 0.717) is 6.54 Å². The maximum Gasteiger partial charge on any atom is 0.251 e. The molecule has 1 aliphatic carbocycles. The molecule has 30 heavy (non-hydrogen) atoms. The highest BCUT2D eigenvalue weighted by molar-refractivity contribution is 7.89. The van der Waals surface area contributed by atoms with Gasteiger partial charge in [0.05, 0.1) is 13.7 Å². The number of hydrogen-bond donors (Lipinski definition) is 2. The van der Waals surface area contributed by atoms with E-state index in [9.17, 15) is 13.2 Å². The van der Waals surface area contributed by atoms with Crippen LogP contribution in [0.3, 0.4) is 0 Å². The highest BCUT2D eigenvalue weighted by atomic mass is 32.2. The molecule has 0 radical (unpaired) electrons. The highest BCUT2D eigenvalue weighted by Crippen LogP contribution is 2.31. The molecule has 0 bridgehead atoms. The normalized spacial score (nSPS) is 16.8. The van der Waals surface area contributed by atoms with Crippen molar-refractivity contribution < 1.29 is 22.7 Å². The van der Waals surface area contributed by atoms with Gasteiger partial charge in [-0.1, -0.05) is 25.7 Å². The fourth-order valence-corrected chi connectivity index (χ4v) is 5.11. The minimum absolute atomic E-state index is 0.0643. The maximum absolute atomic E-state index is 12.9. The molecule has 0 aromatic heterocycles. The van der Waals surface area contributed by atoms with Gasteiger partial charge in [0, 0.05) is 31.3 Å². The summed E-state index contributed by atoms with van der Waals surface area (Å²) in [5.74, 6) is -0.110. The van der Waals surface area contributed by atoms with E-state index in [1.54, 1.807) is 6.07 Å². The second kappa shape index (κ2) is 11.1. The standard InChI is InChI=1S/C21H35N3O5S/c1-24(2)21(11-7-5-6-8-12-21)16-22-20(25)17-9-10-18(29-4)19(15-17)30(26,27)23-13-14-28-3/h9-10,15,23H,5-8,11-14,16H2,1-4H3,(H,22,25). The quantitative estimate of drug-likeness (QED) is 0.426. The Bertz CT molecular complexity index is 803. The zero-order valence-corrected chi connectivity index (χ0v) is 19.3. The van der Waals surface area contributed by atoms with Crippen LogP contribution < -0.4 is 14.8 Å². The second-order valence-corrected chi connectivity index (χ2v) is 9.71. The van der Waals surface area contributed by atoms with E-state index in [1.807, 2.05) is 0 Å². The van der Waals surface area contributed by atoms with Crippen LogP contribution in [-0.4, -0.2) is 72.8 Å². The first-order chi connectivity index (χ1) is 14.3. The number of amides is 1. The molecule has 1 amide bonds. The Morgan fingerprint density at radius 2 is 1.80 bits per heavy atom. The van der Waals surface area contributed by atoms with E-state index in [0.717, 1.165) is 25.7 Å². The average Bonchev–Trinajstić information content (AvgIpc) is 2.98. The predicted molar refractivity (Wildman–Crippen MR) is 117 cm³/mol. The van der Waals surface area contributed by atoms with Crippen molar-refractivity contribution in [1.82, 2.24) is 14.9 Å². The number of ether oxygens (including phenoxy) is 2. The Labute approximate surface area is 180 Å². The molecule has 0 saturated heterocycles. The summed E-state index contributed by atoms with van der Waals surface area (Å²) in [6.07, 6.45) is 6.80. The van der Waals surface area contributed by atoms with Gasteiger partial charge in [-0.2, -0.15) is 0 Å². The van der Waals surface area contributed by atoms with Crippen LogP contribution in [0, 0.1) is 0 Å². The number of likely N-dealkylation sites (N-methyl/N-ethyl adjacent to an activating group) is 1. The van der Waals surface area contributed by atoms with Crippen LogP contribution in [0.25, 0.3) is 0 Å². The Morgan fingerprint density at radius 1 is 1.13 bits per heavy atom. The van der Waals surface area contributed by atoms with Crippen molar-refractivity contribution in [3.05, 3.63) is 23.8 Å². The van der Waals surface area contributed by atoms with Gasteiger partial charge in [-0.15, -0.1) is 0 Å². The molecule has 170 valence electrons. The number of methoxy groups -OCH3 is 2. The lowest BCUT2D eigenvalue weighted by Crippen LogP contribution is -2.52. The maximum atomic E-state index is 12.9. The van der Waals surface area contributed by atoms with E-state index in [2.05, 4.69) is 29.0 Å². The molecule has 1 aromatic rings. The molecule has 0 atom stereocenters. The fourth-order valence-electron chi connectivity index (χ4n) is 3.90. The third-order valence-corrected chi connectivity index (χ3v) is 7.36. The van der Waals surface area contributed by atoms with Crippen LogP contribution in [0.1, 0.15) is 48.9 Å². The fraction of sp³-hybridized carbons (Fsp3) is 0.667. The molecular weight excluding hydrogens is 406 g/mol. The van der Waals surface area contributed by atoms with Gasteiger partial charge in [0.25, 0.3) is 5.91 Å². The molecule has 0 spiro atoms. The number of nitrogens with one attached hydrogen (secondary N) is 2. The summed E-state index contributed by atoms with van der Waals surface area (Å²) in [5, 5.41) is 3.03. The summed E-state index contributed by atoms with van der Waals surface area (Å²) in [6, 6.07) is 4.45. The van der Waals surface area contributed by atoms with Crippen molar-refractivity contribution in [3.8, 4) is 5.75 Å². The van der Waals surface area contributed by atoms with Gasteiger partial charge in [0.1, 0.15) is 10.6 Å². The molecule has 2 N–H and O–H groups in total. The first-order valence-electron chi connectivity index (χ1n) is 10.4. The summed E-state index contributed by atoms with van der Waals surface area (Å²) >= 11 is 0. The van der Waals surface area contributed by atoms with E-state index < -0.39 is 10.0 Å². The molecule has 1 fully saturated rings. The van der Waals surface area contributed by atoms with Crippen molar-refractivity contribution in [2.24, 2.45) is 0 Å². The largest absolute Gasteiger partial charge is 0.495 e. The Morgan fingerprint density at radius 3 is 2.37 bits per heavy atom. The lowest BCUT2D eigenvalue weighted by molar-refractivity contribution is 0.0869. The van der Waals surface area contributed by atoms with Crippen LogP contribution in [-0.2, 0) is 14.8 Å². The van der Waals surface area contributed by atoms with E-state index >= 15 is 0 Å². The summed E-state index contributed by atoms with van der Waals surface area (Å²) in [7, 11) is 3.17. The zero-order chi connectivity index (χ0) is 22.2. The summed E-state index contributed by atoms with van der Waals surface area (Å²) in [6.45, 7) is 0.900. The first kappa shape index (κ1) is 24.6. The van der Waals surface area contributed by atoms with Gasteiger partial charge in [-0.05, 0) is 45.1 Å². The molecule has 0 heterocycles. The molecule has 2 rings (SSSR count). The predicted octanol–water partition coefficient (Wildman–Crippen LogP) is 2.00. The molecule has 1 aliphatic rings. The molecule has 1 aromatic carbocycles. The Hall–Kier alpha value is -1.68. The van der Waals surface area contributed by atoms with Gasteiger partial charge in [0.2, 0.25) is 10.0 Å². The summed E-state index contributed by atoms with van der Waals surface area (Å²) in [4.78, 5) is 15.0. The van der Waals surface area contributed by atoms with Crippen molar-refractivity contribution in [3.63, 3.8) is 0 Å². The van der Waals surface area contributed by atoms with Crippen LogP contribution in [0.4, 0.5) is 0 Å². The zero-order valence-electron chi connectivity index (χ0n) is 18.5. The number of carbonyl (C=O) groups excluding carboxylic acids is 1. The van der Waals surface area contributed by atoms with Crippen LogP contribution in [0.5, 0.6) is 5.75 Å². The van der Waals surface area contributed by atoms with Gasteiger partial charge in [0.15, 0.2) is 0 Å². The second-order valence-electron chi connectivity index (χ2n) is 7.97. The molecule has 9 heteroatoms. The number of nitrogens with zero attached hydrogens (tertiary/aromatic N) is 1. The number of sulfonamides is 1. The van der Waals surface area contributed by atoms with Crippen LogP contribution >= 0.6 is 0 Å². The SMILES string of the molecule is COCCNS(=O)(=O)c1cc(C(=O)NCC2(N(C)C)CCCCCC2)ccc1OC. The van der Waals surface area contributed by atoms with Crippen molar-refractivity contribution in [2.45, 2.75) is 49.0 Å². The summed E-state index contributed by atoms with van der Waals surface area (Å²) in [5.41, 5.74) is 0.209. The van der Waals surface area contributed by atoms with Crippen molar-refractivity contribution in [1.29, 1.82) is 0 Å². The topological polar surface area (TPSA) is 97.0 Å². The van der Waals surface area contributed by atoms with Crippen LogP contribution in [0.15, 0.2) is 23.1 Å². The van der Waals surface area contributed by atoms with Crippen molar-refractivity contribution >= 4 is 15.9 Å². The molecule has 0 aliphatic heterocycles. The third kappa shape index (κ3) is 6.16. The van der Waals surface area contributed by atoms with E-state index in [1.165, 1.54) is 39.2 Å². The summed E-state index contributed by atoms with van der Waals surface area (Å²) < 4.78 is 37.9. The Balaban J connectivity index is 2.19.